The van der Waals surface area contributed by atoms with Gasteiger partial charge in [0.25, 0.3) is 0 Å². The van der Waals surface area contributed by atoms with E-state index in [2.05, 4.69) is 31.7 Å². The molecule has 122 valence electrons. The highest BCUT2D eigenvalue weighted by atomic mass is 32.1. The number of rotatable bonds is 5. The molecular weight excluding hydrogens is 310 g/mol. The van der Waals surface area contributed by atoms with Gasteiger partial charge in [0.05, 0.1) is 19.3 Å². The Morgan fingerprint density at radius 2 is 2.22 bits per heavy atom. The molecule has 0 unspecified atom stereocenters. The number of nitrogens with zero attached hydrogens (tertiary/aromatic N) is 3. The van der Waals surface area contributed by atoms with Crippen LogP contribution < -0.4 is 4.74 Å². The van der Waals surface area contributed by atoms with Crippen LogP contribution in [0.15, 0.2) is 35.3 Å². The Hall–Kier alpha value is -1.50. The Bertz CT molecular complexity index is 608. The summed E-state index contributed by atoms with van der Waals surface area (Å²) < 4.78 is 11.9. The molecular formula is C17H21N3O2S. The standard InChI is InChI=1S/C17H21N3O2S/c1-5-18-17(19-6-1)22-11-14-2-3-15-16(14)21-8-7-20(15)10-13-4-9-23-12-13/h1,4-6,9,12,14-16H,2-3,7-8,10-11H2/t14-,15-,16-/m0/s1. The third-order valence-corrected chi connectivity index (χ3v) is 5.50. The molecule has 2 fully saturated rings. The molecule has 2 aliphatic rings. The zero-order valence-electron chi connectivity index (χ0n) is 13.0. The normalized spacial score (nSPS) is 27.7. The number of thiophene rings is 1. The lowest BCUT2D eigenvalue weighted by Gasteiger charge is -2.39. The van der Waals surface area contributed by atoms with Crippen LogP contribution in [0.2, 0.25) is 0 Å². The lowest BCUT2D eigenvalue weighted by Crippen LogP contribution is -2.50. The molecule has 4 rings (SSSR count). The minimum absolute atomic E-state index is 0.270. The zero-order valence-corrected chi connectivity index (χ0v) is 13.8. The molecule has 1 aliphatic carbocycles. The monoisotopic (exact) mass is 331 g/mol. The number of morpholine rings is 1. The van der Waals surface area contributed by atoms with Gasteiger partial charge in [-0.2, -0.15) is 11.3 Å². The topological polar surface area (TPSA) is 47.5 Å². The Balaban J connectivity index is 1.37. The van der Waals surface area contributed by atoms with Crippen LogP contribution in [0.5, 0.6) is 6.01 Å². The molecule has 2 aromatic rings. The van der Waals surface area contributed by atoms with Gasteiger partial charge in [0.2, 0.25) is 0 Å². The van der Waals surface area contributed by atoms with Crippen LogP contribution in [-0.2, 0) is 11.3 Å². The zero-order chi connectivity index (χ0) is 15.5. The summed E-state index contributed by atoms with van der Waals surface area (Å²) in [6, 6.07) is 4.98. The fraction of sp³-hybridized carbons (Fsp3) is 0.529. The number of hydrogen-bond acceptors (Lipinski definition) is 6. The molecule has 3 heterocycles. The fourth-order valence-electron chi connectivity index (χ4n) is 3.67. The van der Waals surface area contributed by atoms with Gasteiger partial charge in [-0.15, -0.1) is 0 Å². The maximum atomic E-state index is 6.09. The first-order valence-corrected chi connectivity index (χ1v) is 9.11. The number of aromatic nitrogens is 2. The first-order chi connectivity index (χ1) is 11.4. The van der Waals surface area contributed by atoms with Crippen molar-refractivity contribution < 1.29 is 9.47 Å². The van der Waals surface area contributed by atoms with Crippen LogP contribution >= 0.6 is 11.3 Å². The van der Waals surface area contributed by atoms with Crippen molar-refractivity contribution in [1.29, 1.82) is 0 Å². The van der Waals surface area contributed by atoms with E-state index in [0.717, 1.165) is 26.1 Å². The summed E-state index contributed by atoms with van der Waals surface area (Å²) in [5, 5.41) is 4.39. The molecule has 2 aromatic heterocycles. The molecule has 3 atom stereocenters. The van der Waals surface area contributed by atoms with Crippen LogP contribution in [0, 0.1) is 5.92 Å². The summed E-state index contributed by atoms with van der Waals surface area (Å²) >= 11 is 1.77. The van der Waals surface area contributed by atoms with Gasteiger partial charge >= 0.3 is 6.01 Å². The molecule has 0 amide bonds. The molecule has 1 saturated heterocycles. The quantitative estimate of drug-likeness (QED) is 0.843. The predicted octanol–water partition coefficient (Wildman–Crippen LogP) is 2.60. The van der Waals surface area contributed by atoms with E-state index in [1.54, 1.807) is 29.8 Å². The van der Waals surface area contributed by atoms with Crippen LogP contribution in [0.25, 0.3) is 0 Å². The highest BCUT2D eigenvalue weighted by Gasteiger charge is 2.42. The van der Waals surface area contributed by atoms with Crippen molar-refractivity contribution in [3.63, 3.8) is 0 Å². The average molecular weight is 331 g/mol. The number of fused-ring (bicyclic) bond motifs is 1. The van der Waals surface area contributed by atoms with E-state index < -0.39 is 0 Å². The fourth-order valence-corrected chi connectivity index (χ4v) is 4.33. The van der Waals surface area contributed by atoms with Crippen molar-refractivity contribution >= 4 is 11.3 Å². The summed E-state index contributed by atoms with van der Waals surface area (Å²) in [6.07, 6.45) is 6.01. The second-order valence-corrected chi connectivity index (χ2v) is 6.96. The van der Waals surface area contributed by atoms with Crippen LogP contribution in [0.1, 0.15) is 18.4 Å². The minimum Gasteiger partial charge on any atom is -0.463 e. The maximum absolute atomic E-state index is 6.09. The van der Waals surface area contributed by atoms with Crippen molar-refractivity contribution in [1.82, 2.24) is 14.9 Å². The molecule has 23 heavy (non-hydrogen) atoms. The Labute approximate surface area is 140 Å². The van der Waals surface area contributed by atoms with Crippen molar-refractivity contribution in [2.24, 2.45) is 5.92 Å². The van der Waals surface area contributed by atoms with Gasteiger partial charge < -0.3 is 9.47 Å². The van der Waals surface area contributed by atoms with Crippen molar-refractivity contribution in [3.8, 4) is 6.01 Å². The highest BCUT2D eigenvalue weighted by Crippen LogP contribution is 2.35. The van der Waals surface area contributed by atoms with E-state index in [4.69, 9.17) is 9.47 Å². The second-order valence-electron chi connectivity index (χ2n) is 6.18. The summed E-state index contributed by atoms with van der Waals surface area (Å²) in [5.41, 5.74) is 1.41. The van der Waals surface area contributed by atoms with Gasteiger partial charge in [-0.3, -0.25) is 4.90 Å². The number of hydrogen-bond donors (Lipinski definition) is 0. The lowest BCUT2D eigenvalue weighted by molar-refractivity contribution is -0.0819. The van der Waals surface area contributed by atoms with Gasteiger partial charge in [0.15, 0.2) is 0 Å². The Kier molecular flexibility index (Phi) is 4.55. The summed E-state index contributed by atoms with van der Waals surface area (Å²) in [6.45, 7) is 3.50. The van der Waals surface area contributed by atoms with E-state index in [0.29, 0.717) is 24.6 Å². The molecule has 0 radical (unpaired) electrons. The van der Waals surface area contributed by atoms with Gasteiger partial charge in [-0.25, -0.2) is 9.97 Å². The Morgan fingerprint density at radius 1 is 1.30 bits per heavy atom. The SMILES string of the molecule is c1cnc(OC[C@@H]2CC[C@H]3[C@H]2OCCN3Cc2ccsc2)nc1. The molecule has 0 N–H and O–H groups in total. The van der Waals surface area contributed by atoms with Crippen molar-refractivity contribution in [3.05, 3.63) is 40.8 Å². The summed E-state index contributed by atoms with van der Waals surface area (Å²) in [5.74, 6) is 0.425. The third-order valence-electron chi connectivity index (χ3n) is 4.77. The molecule has 5 nitrogen and oxygen atoms in total. The van der Waals surface area contributed by atoms with Gasteiger partial charge in [0.1, 0.15) is 0 Å². The van der Waals surface area contributed by atoms with Crippen molar-refractivity contribution in [2.75, 3.05) is 19.8 Å². The summed E-state index contributed by atoms with van der Waals surface area (Å²) in [7, 11) is 0. The first kappa shape index (κ1) is 15.1. The molecule has 0 bridgehead atoms. The molecule has 1 aliphatic heterocycles. The predicted molar refractivity (Wildman–Crippen MR) is 88.5 cm³/mol. The smallest absolute Gasteiger partial charge is 0.316 e. The van der Waals surface area contributed by atoms with E-state index in [1.165, 1.54) is 12.0 Å². The van der Waals surface area contributed by atoms with Crippen LogP contribution in [0.3, 0.4) is 0 Å². The number of ether oxygens (including phenoxy) is 2. The van der Waals surface area contributed by atoms with Crippen LogP contribution in [0.4, 0.5) is 0 Å². The average Bonchev–Trinajstić information content (AvgIpc) is 3.24. The van der Waals surface area contributed by atoms with E-state index >= 15 is 0 Å². The molecule has 6 heteroatoms. The van der Waals surface area contributed by atoms with E-state index in [9.17, 15) is 0 Å². The minimum atomic E-state index is 0.270. The first-order valence-electron chi connectivity index (χ1n) is 8.17. The van der Waals surface area contributed by atoms with Crippen molar-refractivity contribution in [2.45, 2.75) is 31.5 Å². The molecule has 0 aromatic carbocycles. The van der Waals surface area contributed by atoms with E-state index in [1.807, 2.05) is 0 Å². The maximum Gasteiger partial charge on any atom is 0.316 e. The van der Waals surface area contributed by atoms with Gasteiger partial charge in [0, 0.05) is 37.4 Å². The lowest BCUT2D eigenvalue weighted by atomic mass is 10.0. The largest absolute Gasteiger partial charge is 0.463 e. The van der Waals surface area contributed by atoms with Gasteiger partial charge in [-0.05, 0) is 41.3 Å². The molecule has 0 spiro atoms. The third kappa shape index (κ3) is 3.39. The second kappa shape index (κ2) is 6.95. The van der Waals surface area contributed by atoms with Gasteiger partial charge in [-0.1, -0.05) is 0 Å². The van der Waals surface area contributed by atoms with Crippen LogP contribution in [-0.4, -0.2) is 46.8 Å². The Morgan fingerprint density at radius 3 is 3.04 bits per heavy atom. The molecule has 1 saturated carbocycles. The summed E-state index contributed by atoms with van der Waals surface area (Å²) in [4.78, 5) is 10.8. The van der Waals surface area contributed by atoms with E-state index in [-0.39, 0.29) is 6.10 Å². The highest BCUT2D eigenvalue weighted by molar-refractivity contribution is 7.07.